The van der Waals surface area contributed by atoms with Crippen molar-refractivity contribution in [1.82, 2.24) is 10.3 Å². The molecule has 1 aromatic heterocycles. The second-order valence-electron chi connectivity index (χ2n) is 4.96. The van der Waals surface area contributed by atoms with Crippen LogP contribution in [0.25, 0.3) is 0 Å². The lowest BCUT2D eigenvalue weighted by atomic mass is 10.1. The monoisotopic (exact) mass is 254 g/mol. The van der Waals surface area contributed by atoms with Crippen LogP contribution in [0, 0.1) is 23.6 Å². The molecule has 1 amide bonds. The molecule has 2 rings (SSSR count). The van der Waals surface area contributed by atoms with E-state index in [0.717, 1.165) is 19.0 Å². The van der Waals surface area contributed by atoms with Gasteiger partial charge in [0, 0.05) is 12.7 Å². The molecule has 0 radical (unpaired) electrons. The first-order valence-electron chi connectivity index (χ1n) is 6.16. The molecule has 0 aliphatic heterocycles. The minimum atomic E-state index is -1.24. The van der Waals surface area contributed by atoms with E-state index in [1.165, 1.54) is 12.5 Å². The van der Waals surface area contributed by atoms with E-state index < -0.39 is 17.7 Å². The van der Waals surface area contributed by atoms with Crippen LogP contribution in [0.3, 0.4) is 0 Å². The molecule has 1 saturated carbocycles. The number of nitrogens with zero attached hydrogens (tertiary/aromatic N) is 1. The molecule has 2 unspecified atom stereocenters. The molecule has 98 valence electrons. The van der Waals surface area contributed by atoms with Crippen LogP contribution < -0.4 is 5.32 Å². The Balaban J connectivity index is 1.94. The van der Waals surface area contributed by atoms with E-state index in [1.54, 1.807) is 0 Å². The summed E-state index contributed by atoms with van der Waals surface area (Å²) < 4.78 is 26.2. The lowest BCUT2D eigenvalue weighted by molar-refractivity contribution is 0.0941. The van der Waals surface area contributed by atoms with Gasteiger partial charge in [-0.2, -0.15) is 4.39 Å². The van der Waals surface area contributed by atoms with E-state index in [1.807, 2.05) is 0 Å². The molecule has 1 heterocycles. The highest BCUT2D eigenvalue weighted by Gasteiger charge is 2.22. The van der Waals surface area contributed by atoms with Gasteiger partial charge in [0.2, 0.25) is 5.95 Å². The number of carbonyl (C=O) groups excluding carboxylic acids is 1. The van der Waals surface area contributed by atoms with Crippen LogP contribution >= 0.6 is 0 Å². The van der Waals surface area contributed by atoms with Gasteiger partial charge in [-0.05, 0) is 30.7 Å². The smallest absolute Gasteiger partial charge is 0.254 e. The maximum absolute atomic E-state index is 13.3. The fourth-order valence-corrected chi connectivity index (χ4v) is 2.44. The van der Waals surface area contributed by atoms with Gasteiger partial charge in [0.25, 0.3) is 5.91 Å². The molecule has 0 spiro atoms. The fraction of sp³-hybridized carbons (Fsp3) is 0.538. The predicted octanol–water partition coefficient (Wildman–Crippen LogP) is 2.53. The van der Waals surface area contributed by atoms with Crippen LogP contribution in [0.5, 0.6) is 0 Å². The number of pyridine rings is 1. The van der Waals surface area contributed by atoms with E-state index in [0.29, 0.717) is 18.4 Å². The number of rotatable bonds is 3. The summed E-state index contributed by atoms with van der Waals surface area (Å²) in [5, 5.41) is 2.66. The third-order valence-corrected chi connectivity index (χ3v) is 3.45. The average molecular weight is 254 g/mol. The van der Waals surface area contributed by atoms with Crippen molar-refractivity contribution < 1.29 is 13.6 Å². The van der Waals surface area contributed by atoms with Crippen molar-refractivity contribution in [2.45, 2.75) is 26.2 Å². The van der Waals surface area contributed by atoms with Gasteiger partial charge in [-0.3, -0.25) is 4.79 Å². The zero-order valence-corrected chi connectivity index (χ0v) is 10.2. The van der Waals surface area contributed by atoms with Crippen LogP contribution in [-0.4, -0.2) is 17.4 Å². The SMILES string of the molecule is CC1CCC(CNC(=O)c2ccnc(F)c2F)C1. The summed E-state index contributed by atoms with van der Waals surface area (Å²) in [5.41, 5.74) is -0.284. The van der Waals surface area contributed by atoms with Gasteiger partial charge in [-0.25, -0.2) is 9.37 Å². The quantitative estimate of drug-likeness (QED) is 0.842. The molecule has 1 N–H and O–H groups in total. The highest BCUT2D eigenvalue weighted by molar-refractivity contribution is 5.94. The third kappa shape index (κ3) is 2.83. The normalized spacial score (nSPS) is 23.1. The van der Waals surface area contributed by atoms with Crippen molar-refractivity contribution in [1.29, 1.82) is 0 Å². The standard InChI is InChI=1S/C13H16F2N2O/c1-8-2-3-9(6-8)7-17-13(18)10-4-5-16-12(15)11(10)14/h4-5,8-9H,2-3,6-7H2,1H3,(H,17,18). The minimum Gasteiger partial charge on any atom is -0.352 e. The van der Waals surface area contributed by atoms with Crippen molar-refractivity contribution in [3.05, 3.63) is 29.6 Å². The number of hydrogen-bond acceptors (Lipinski definition) is 2. The van der Waals surface area contributed by atoms with Gasteiger partial charge < -0.3 is 5.32 Å². The maximum Gasteiger partial charge on any atom is 0.254 e. The van der Waals surface area contributed by atoms with Crippen LogP contribution in [0.15, 0.2) is 12.3 Å². The van der Waals surface area contributed by atoms with Crippen molar-refractivity contribution in [3.63, 3.8) is 0 Å². The molecule has 0 saturated heterocycles. The van der Waals surface area contributed by atoms with Gasteiger partial charge in [-0.1, -0.05) is 13.3 Å². The summed E-state index contributed by atoms with van der Waals surface area (Å²) in [6, 6.07) is 1.19. The molecular formula is C13H16F2N2O. The van der Waals surface area contributed by atoms with Gasteiger partial charge >= 0.3 is 0 Å². The Kier molecular flexibility index (Phi) is 3.89. The molecule has 2 atom stereocenters. The molecule has 18 heavy (non-hydrogen) atoms. The summed E-state index contributed by atoms with van der Waals surface area (Å²) in [6.07, 6.45) is 4.41. The molecule has 1 aliphatic carbocycles. The molecule has 0 bridgehead atoms. The van der Waals surface area contributed by atoms with E-state index in [4.69, 9.17) is 0 Å². The minimum absolute atomic E-state index is 0.284. The average Bonchev–Trinajstić information content (AvgIpc) is 2.76. The van der Waals surface area contributed by atoms with Crippen molar-refractivity contribution in [2.75, 3.05) is 6.54 Å². The Morgan fingerprint density at radius 2 is 2.28 bits per heavy atom. The zero-order valence-electron chi connectivity index (χ0n) is 10.2. The Morgan fingerprint density at radius 1 is 1.50 bits per heavy atom. The lowest BCUT2D eigenvalue weighted by Crippen LogP contribution is -2.29. The highest BCUT2D eigenvalue weighted by atomic mass is 19.2. The second-order valence-corrected chi connectivity index (χ2v) is 4.96. The summed E-state index contributed by atoms with van der Waals surface area (Å²) in [5.74, 6) is -1.87. The van der Waals surface area contributed by atoms with Gasteiger partial charge in [0.15, 0.2) is 5.82 Å². The zero-order chi connectivity index (χ0) is 13.1. The number of hydrogen-bond donors (Lipinski definition) is 1. The highest BCUT2D eigenvalue weighted by Crippen LogP contribution is 2.29. The van der Waals surface area contributed by atoms with Crippen molar-refractivity contribution in [2.24, 2.45) is 11.8 Å². The van der Waals surface area contributed by atoms with Gasteiger partial charge in [0.05, 0.1) is 5.56 Å². The molecule has 3 nitrogen and oxygen atoms in total. The Bertz CT molecular complexity index is 451. The second kappa shape index (κ2) is 5.42. The molecule has 0 aromatic carbocycles. The summed E-state index contributed by atoms with van der Waals surface area (Å²) in [7, 11) is 0. The summed E-state index contributed by atoms with van der Waals surface area (Å²) >= 11 is 0. The molecular weight excluding hydrogens is 238 g/mol. The number of halogens is 2. The first kappa shape index (κ1) is 12.9. The maximum atomic E-state index is 13.3. The first-order valence-corrected chi connectivity index (χ1v) is 6.16. The Hall–Kier alpha value is -1.52. The predicted molar refractivity (Wildman–Crippen MR) is 63.0 cm³/mol. The van der Waals surface area contributed by atoms with E-state index >= 15 is 0 Å². The lowest BCUT2D eigenvalue weighted by Gasteiger charge is -2.11. The van der Waals surface area contributed by atoms with Crippen LogP contribution in [0.2, 0.25) is 0 Å². The van der Waals surface area contributed by atoms with E-state index in [9.17, 15) is 13.6 Å². The first-order chi connectivity index (χ1) is 8.58. The summed E-state index contributed by atoms with van der Waals surface area (Å²) in [6.45, 7) is 2.70. The van der Waals surface area contributed by atoms with Crippen LogP contribution in [0.1, 0.15) is 36.5 Å². The molecule has 1 fully saturated rings. The van der Waals surface area contributed by atoms with Gasteiger partial charge in [-0.15, -0.1) is 0 Å². The van der Waals surface area contributed by atoms with Crippen molar-refractivity contribution >= 4 is 5.91 Å². The molecule has 1 aliphatic rings. The number of nitrogens with one attached hydrogen (secondary N) is 1. The number of carbonyl (C=O) groups is 1. The van der Waals surface area contributed by atoms with Crippen molar-refractivity contribution in [3.8, 4) is 0 Å². The summed E-state index contributed by atoms with van der Waals surface area (Å²) in [4.78, 5) is 14.9. The topological polar surface area (TPSA) is 42.0 Å². The van der Waals surface area contributed by atoms with Gasteiger partial charge in [0.1, 0.15) is 0 Å². The Labute approximate surface area is 105 Å². The number of aromatic nitrogens is 1. The molecule has 5 heteroatoms. The fourth-order valence-electron chi connectivity index (χ4n) is 2.44. The largest absolute Gasteiger partial charge is 0.352 e. The third-order valence-electron chi connectivity index (χ3n) is 3.45. The number of amides is 1. The van der Waals surface area contributed by atoms with Crippen LogP contribution in [0.4, 0.5) is 8.78 Å². The van der Waals surface area contributed by atoms with E-state index in [-0.39, 0.29) is 5.56 Å². The molecule has 1 aromatic rings. The van der Waals surface area contributed by atoms with Crippen LogP contribution in [-0.2, 0) is 0 Å². The Morgan fingerprint density at radius 3 is 2.94 bits per heavy atom. The van der Waals surface area contributed by atoms with E-state index in [2.05, 4.69) is 17.2 Å².